The van der Waals surface area contributed by atoms with E-state index in [9.17, 15) is 4.79 Å². The second-order valence-electron chi connectivity index (χ2n) is 7.95. The molecule has 0 atom stereocenters. The predicted molar refractivity (Wildman–Crippen MR) is 129 cm³/mol. The van der Waals surface area contributed by atoms with Crippen LogP contribution < -0.4 is 14.2 Å². The monoisotopic (exact) mass is 438 g/mol. The van der Waals surface area contributed by atoms with Gasteiger partial charge in [-0.2, -0.15) is 0 Å². The van der Waals surface area contributed by atoms with Gasteiger partial charge in [0, 0.05) is 0 Å². The summed E-state index contributed by atoms with van der Waals surface area (Å²) in [6.45, 7) is 4.13. The maximum absolute atomic E-state index is 12.3. The first kappa shape index (κ1) is 22.2. The minimum absolute atomic E-state index is 0.158. The third-order valence-corrected chi connectivity index (χ3v) is 5.16. The van der Waals surface area contributed by atoms with Crippen LogP contribution in [0, 0.1) is 13.8 Å². The van der Waals surface area contributed by atoms with Gasteiger partial charge in [-0.15, -0.1) is 0 Å². The third-order valence-electron chi connectivity index (χ3n) is 5.16. The molecule has 0 saturated heterocycles. The molecule has 4 rings (SSSR count). The summed E-state index contributed by atoms with van der Waals surface area (Å²) in [7, 11) is 0. The van der Waals surface area contributed by atoms with E-state index >= 15 is 0 Å². The zero-order valence-corrected chi connectivity index (χ0v) is 18.8. The van der Waals surface area contributed by atoms with Crippen molar-refractivity contribution in [2.75, 3.05) is 6.79 Å². The van der Waals surface area contributed by atoms with Gasteiger partial charge in [0.25, 0.3) is 0 Å². The van der Waals surface area contributed by atoms with Crippen molar-refractivity contribution >= 4 is 5.97 Å². The second kappa shape index (κ2) is 10.5. The average Bonchev–Trinajstić information content (AvgIpc) is 2.81. The molecule has 0 aromatic heterocycles. The number of carbonyl (C=O) groups is 1. The Morgan fingerprint density at radius 3 is 1.85 bits per heavy atom. The fraction of sp³-hybridized carbons (Fsp3) is 0.138. The summed E-state index contributed by atoms with van der Waals surface area (Å²) < 4.78 is 16.8. The number of ether oxygens (including phenoxy) is 3. The number of benzene rings is 4. The van der Waals surface area contributed by atoms with Crippen LogP contribution in [0.2, 0.25) is 0 Å². The molecule has 4 nitrogen and oxygen atoms in total. The van der Waals surface area contributed by atoms with E-state index in [1.54, 1.807) is 6.07 Å². The number of esters is 1. The molecular formula is C29H26O4. The Kier molecular flexibility index (Phi) is 7.06. The molecular weight excluding hydrogens is 412 g/mol. The molecule has 0 fully saturated rings. The van der Waals surface area contributed by atoms with Gasteiger partial charge in [0.1, 0.15) is 17.2 Å². The highest BCUT2D eigenvalue weighted by molar-refractivity contribution is 5.91. The lowest BCUT2D eigenvalue weighted by Gasteiger charge is -2.10. The van der Waals surface area contributed by atoms with Gasteiger partial charge in [-0.05, 0) is 85.5 Å². The molecule has 0 bridgehead atoms. The Balaban J connectivity index is 1.27. The summed E-state index contributed by atoms with van der Waals surface area (Å²) in [6, 6.07) is 30.8. The van der Waals surface area contributed by atoms with Gasteiger partial charge in [-0.3, -0.25) is 0 Å². The van der Waals surface area contributed by atoms with E-state index in [2.05, 4.69) is 0 Å². The van der Waals surface area contributed by atoms with Crippen molar-refractivity contribution in [2.24, 2.45) is 0 Å². The molecule has 4 heteroatoms. The van der Waals surface area contributed by atoms with E-state index in [1.165, 1.54) is 0 Å². The topological polar surface area (TPSA) is 44.8 Å². The molecule has 0 N–H and O–H groups in total. The standard InChI is InChI=1S/C29H26O4/c1-21-5-3-7-25(17-21)29(30)33-27-15-11-24(12-16-27)19-23-9-13-26(14-10-23)31-20-32-28-8-4-6-22(2)18-28/h3-18H,19-20H2,1-2H3. The van der Waals surface area contributed by atoms with Crippen molar-refractivity contribution in [3.63, 3.8) is 0 Å². The van der Waals surface area contributed by atoms with Crippen molar-refractivity contribution in [1.29, 1.82) is 0 Å². The van der Waals surface area contributed by atoms with E-state index in [0.717, 1.165) is 40.2 Å². The summed E-state index contributed by atoms with van der Waals surface area (Å²) in [5, 5.41) is 0. The van der Waals surface area contributed by atoms with Crippen molar-refractivity contribution in [2.45, 2.75) is 20.3 Å². The molecule has 0 unspecified atom stereocenters. The van der Waals surface area contributed by atoms with Crippen LogP contribution >= 0.6 is 0 Å². The number of hydrogen-bond acceptors (Lipinski definition) is 4. The number of carbonyl (C=O) groups excluding carboxylic acids is 1. The van der Waals surface area contributed by atoms with Crippen molar-refractivity contribution in [3.8, 4) is 17.2 Å². The van der Waals surface area contributed by atoms with Crippen LogP contribution in [0.3, 0.4) is 0 Å². The smallest absolute Gasteiger partial charge is 0.343 e. The van der Waals surface area contributed by atoms with Gasteiger partial charge >= 0.3 is 5.97 Å². The highest BCUT2D eigenvalue weighted by Gasteiger charge is 2.08. The lowest BCUT2D eigenvalue weighted by molar-refractivity contribution is 0.0734. The first-order valence-corrected chi connectivity index (χ1v) is 10.8. The largest absolute Gasteiger partial charge is 0.458 e. The Labute approximate surface area is 194 Å². The minimum Gasteiger partial charge on any atom is -0.458 e. The molecule has 0 heterocycles. The molecule has 33 heavy (non-hydrogen) atoms. The molecule has 4 aromatic carbocycles. The van der Waals surface area contributed by atoms with Crippen molar-refractivity contribution in [3.05, 3.63) is 125 Å². The first-order valence-electron chi connectivity index (χ1n) is 10.8. The maximum atomic E-state index is 12.3. The maximum Gasteiger partial charge on any atom is 0.343 e. The van der Waals surface area contributed by atoms with Crippen LogP contribution in [0.15, 0.2) is 97.1 Å². The molecule has 0 aliphatic carbocycles. The van der Waals surface area contributed by atoms with E-state index in [4.69, 9.17) is 14.2 Å². The van der Waals surface area contributed by atoms with E-state index in [0.29, 0.717) is 11.3 Å². The Bertz CT molecular complexity index is 1210. The number of rotatable bonds is 8. The quantitative estimate of drug-likeness (QED) is 0.178. The Morgan fingerprint density at radius 2 is 1.21 bits per heavy atom. The second-order valence-corrected chi connectivity index (χ2v) is 7.95. The van der Waals surface area contributed by atoms with Gasteiger partial charge in [0.15, 0.2) is 0 Å². The van der Waals surface area contributed by atoms with Crippen molar-refractivity contribution < 1.29 is 19.0 Å². The van der Waals surface area contributed by atoms with E-state index in [1.807, 2.05) is 105 Å². The molecule has 0 spiro atoms. The third kappa shape index (κ3) is 6.47. The Hall–Kier alpha value is -4.05. The van der Waals surface area contributed by atoms with Gasteiger partial charge in [-0.25, -0.2) is 4.79 Å². The highest BCUT2D eigenvalue weighted by Crippen LogP contribution is 2.19. The van der Waals surface area contributed by atoms with Crippen molar-refractivity contribution in [1.82, 2.24) is 0 Å². The van der Waals surface area contributed by atoms with E-state index in [-0.39, 0.29) is 12.8 Å². The summed E-state index contributed by atoms with van der Waals surface area (Å²) in [4.78, 5) is 12.3. The van der Waals surface area contributed by atoms with Gasteiger partial charge in [0.05, 0.1) is 5.56 Å². The normalized spacial score (nSPS) is 10.5. The molecule has 0 radical (unpaired) electrons. The van der Waals surface area contributed by atoms with E-state index < -0.39 is 0 Å². The number of aryl methyl sites for hydroxylation is 2. The van der Waals surface area contributed by atoms with Crippen LogP contribution in [0.25, 0.3) is 0 Å². The van der Waals surface area contributed by atoms with Crippen LogP contribution in [0.4, 0.5) is 0 Å². The minimum atomic E-state index is -0.353. The lowest BCUT2D eigenvalue weighted by Crippen LogP contribution is -2.08. The molecule has 0 saturated carbocycles. The summed E-state index contributed by atoms with van der Waals surface area (Å²) in [5.74, 6) is 1.72. The average molecular weight is 439 g/mol. The van der Waals surface area contributed by atoms with Crippen LogP contribution in [0.5, 0.6) is 17.2 Å². The zero-order chi connectivity index (χ0) is 23.0. The molecule has 0 amide bonds. The highest BCUT2D eigenvalue weighted by atomic mass is 16.7. The molecule has 4 aromatic rings. The predicted octanol–water partition coefficient (Wildman–Crippen LogP) is 6.53. The van der Waals surface area contributed by atoms with Gasteiger partial charge in [0.2, 0.25) is 6.79 Å². The molecule has 0 aliphatic heterocycles. The Morgan fingerprint density at radius 1 is 0.636 bits per heavy atom. The number of hydrogen-bond donors (Lipinski definition) is 0. The van der Waals surface area contributed by atoms with Gasteiger partial charge in [-0.1, -0.05) is 54.1 Å². The van der Waals surface area contributed by atoms with Crippen LogP contribution in [0.1, 0.15) is 32.6 Å². The molecule has 0 aliphatic rings. The molecule has 166 valence electrons. The summed E-state index contributed by atoms with van der Waals surface area (Å²) in [5.41, 5.74) is 5.00. The zero-order valence-electron chi connectivity index (χ0n) is 18.8. The SMILES string of the molecule is Cc1cccc(OCOc2ccc(Cc3ccc(OC(=O)c4cccc(C)c4)cc3)cc2)c1. The fourth-order valence-electron chi connectivity index (χ4n) is 3.42. The van der Waals surface area contributed by atoms with Crippen LogP contribution in [-0.2, 0) is 6.42 Å². The fourth-order valence-corrected chi connectivity index (χ4v) is 3.42. The van der Waals surface area contributed by atoms with Crippen LogP contribution in [-0.4, -0.2) is 12.8 Å². The summed E-state index contributed by atoms with van der Waals surface area (Å²) in [6.07, 6.45) is 0.770. The van der Waals surface area contributed by atoms with Gasteiger partial charge < -0.3 is 14.2 Å². The first-order chi connectivity index (χ1) is 16.0. The lowest BCUT2D eigenvalue weighted by atomic mass is 10.0. The summed E-state index contributed by atoms with van der Waals surface area (Å²) >= 11 is 0.